The van der Waals surface area contributed by atoms with Gasteiger partial charge < -0.3 is 10.4 Å². The fourth-order valence-electron chi connectivity index (χ4n) is 1.59. The van der Waals surface area contributed by atoms with Crippen molar-refractivity contribution in [3.05, 3.63) is 32.8 Å². The van der Waals surface area contributed by atoms with Crippen molar-refractivity contribution in [1.29, 1.82) is 0 Å². The van der Waals surface area contributed by atoms with Crippen molar-refractivity contribution < 1.29 is 14.8 Å². The first-order chi connectivity index (χ1) is 8.95. The van der Waals surface area contributed by atoms with Gasteiger partial charge in [0.25, 0.3) is 5.69 Å². The van der Waals surface area contributed by atoms with Crippen LogP contribution in [-0.4, -0.2) is 22.0 Å². The highest BCUT2D eigenvalue weighted by Gasteiger charge is 2.18. The number of rotatable bonds is 7. The van der Waals surface area contributed by atoms with Crippen LogP contribution in [0.25, 0.3) is 0 Å². The Morgan fingerprint density at radius 1 is 1.58 bits per heavy atom. The van der Waals surface area contributed by atoms with Gasteiger partial charge >= 0.3 is 5.97 Å². The Balaban J connectivity index is 2.84. The average Bonchev–Trinajstić information content (AvgIpc) is 2.35. The summed E-state index contributed by atoms with van der Waals surface area (Å²) in [6.45, 7) is 1.99. The maximum Gasteiger partial charge on any atom is 0.326 e. The minimum Gasteiger partial charge on any atom is -0.480 e. The van der Waals surface area contributed by atoms with E-state index in [9.17, 15) is 14.9 Å². The predicted octanol–water partition coefficient (Wildman–Crippen LogP) is 3.41. The number of nitrogens with zero attached hydrogens (tertiary/aromatic N) is 1. The first-order valence-corrected chi connectivity index (χ1v) is 6.68. The fourth-order valence-corrected chi connectivity index (χ4v) is 2.07. The maximum atomic E-state index is 11.1. The SMILES string of the molecule is CCCCC(Nc1ccc([N+](=O)[O-])cc1Br)C(=O)O. The van der Waals surface area contributed by atoms with E-state index >= 15 is 0 Å². The molecule has 0 saturated heterocycles. The topological polar surface area (TPSA) is 92.5 Å². The van der Waals surface area contributed by atoms with E-state index in [0.29, 0.717) is 16.6 Å². The van der Waals surface area contributed by atoms with Gasteiger partial charge in [0.1, 0.15) is 6.04 Å². The van der Waals surface area contributed by atoms with Crippen LogP contribution >= 0.6 is 15.9 Å². The summed E-state index contributed by atoms with van der Waals surface area (Å²) in [5.74, 6) is -0.932. The molecule has 0 amide bonds. The van der Waals surface area contributed by atoms with Crippen LogP contribution in [0.5, 0.6) is 0 Å². The van der Waals surface area contributed by atoms with Crippen molar-refractivity contribution in [3.8, 4) is 0 Å². The number of aliphatic carboxylic acids is 1. The normalized spacial score (nSPS) is 11.9. The van der Waals surface area contributed by atoms with Crippen molar-refractivity contribution in [2.75, 3.05) is 5.32 Å². The summed E-state index contributed by atoms with van der Waals surface area (Å²) < 4.78 is 0.476. The number of nitro benzene ring substituents is 1. The molecule has 1 aromatic rings. The van der Waals surface area contributed by atoms with Crippen LogP contribution in [0.4, 0.5) is 11.4 Å². The number of anilines is 1. The summed E-state index contributed by atoms with van der Waals surface area (Å²) >= 11 is 3.20. The molecule has 104 valence electrons. The fraction of sp³-hybridized carbons (Fsp3) is 0.417. The summed E-state index contributed by atoms with van der Waals surface area (Å²) in [6.07, 6.45) is 2.22. The van der Waals surface area contributed by atoms with E-state index in [1.807, 2.05) is 6.92 Å². The standard InChI is InChI=1S/C12H15BrN2O4/c1-2-3-4-11(12(16)17)14-10-6-5-8(15(18)19)7-9(10)13/h5-7,11,14H,2-4H2,1H3,(H,16,17). The van der Waals surface area contributed by atoms with E-state index in [-0.39, 0.29) is 5.69 Å². The quantitative estimate of drug-likeness (QED) is 0.590. The second-order valence-corrected chi connectivity index (χ2v) is 4.95. The van der Waals surface area contributed by atoms with Crippen LogP contribution in [0, 0.1) is 10.1 Å². The second-order valence-electron chi connectivity index (χ2n) is 4.10. The number of carboxylic acid groups (broad SMARTS) is 1. The molecule has 0 saturated carbocycles. The van der Waals surface area contributed by atoms with E-state index in [1.165, 1.54) is 18.2 Å². The Hall–Kier alpha value is -1.63. The number of non-ortho nitro benzene ring substituents is 1. The van der Waals surface area contributed by atoms with E-state index in [4.69, 9.17) is 5.11 Å². The van der Waals surface area contributed by atoms with Gasteiger partial charge in [-0.3, -0.25) is 10.1 Å². The largest absolute Gasteiger partial charge is 0.480 e. The highest BCUT2D eigenvalue weighted by Crippen LogP contribution is 2.28. The van der Waals surface area contributed by atoms with Gasteiger partial charge in [0, 0.05) is 22.3 Å². The predicted molar refractivity (Wildman–Crippen MR) is 75.4 cm³/mol. The summed E-state index contributed by atoms with van der Waals surface area (Å²) in [5.41, 5.74) is 0.493. The first kappa shape index (κ1) is 15.4. The number of halogens is 1. The van der Waals surface area contributed by atoms with Crippen LogP contribution < -0.4 is 5.32 Å². The number of benzene rings is 1. The zero-order valence-corrected chi connectivity index (χ0v) is 12.0. The minimum absolute atomic E-state index is 0.0436. The van der Waals surface area contributed by atoms with Gasteiger partial charge in [-0.15, -0.1) is 0 Å². The molecule has 0 bridgehead atoms. The molecule has 0 heterocycles. The Labute approximate surface area is 119 Å². The van der Waals surface area contributed by atoms with E-state index in [0.717, 1.165) is 12.8 Å². The van der Waals surface area contributed by atoms with Crippen molar-refractivity contribution in [2.24, 2.45) is 0 Å². The molecule has 0 aliphatic carbocycles. The van der Waals surface area contributed by atoms with Crippen LogP contribution in [0.15, 0.2) is 22.7 Å². The highest BCUT2D eigenvalue weighted by molar-refractivity contribution is 9.10. The summed E-state index contributed by atoms with van der Waals surface area (Å²) in [6, 6.07) is 3.49. The van der Waals surface area contributed by atoms with Gasteiger partial charge in [-0.2, -0.15) is 0 Å². The maximum absolute atomic E-state index is 11.1. The average molecular weight is 331 g/mol. The first-order valence-electron chi connectivity index (χ1n) is 5.89. The lowest BCUT2D eigenvalue weighted by molar-refractivity contribution is -0.384. The number of nitro groups is 1. The molecule has 2 N–H and O–H groups in total. The molecule has 0 aliphatic heterocycles. The number of carbonyl (C=O) groups is 1. The third-order valence-electron chi connectivity index (χ3n) is 2.64. The third-order valence-corrected chi connectivity index (χ3v) is 3.29. The molecule has 0 aliphatic rings. The minimum atomic E-state index is -0.932. The zero-order chi connectivity index (χ0) is 14.4. The molecule has 0 fully saturated rings. The molecular weight excluding hydrogens is 316 g/mol. The Bertz CT molecular complexity index is 479. The summed E-state index contributed by atoms with van der Waals surface area (Å²) in [7, 11) is 0. The molecule has 7 heteroatoms. The van der Waals surface area contributed by atoms with E-state index < -0.39 is 16.9 Å². The third kappa shape index (κ3) is 4.51. The smallest absolute Gasteiger partial charge is 0.326 e. The molecule has 0 aromatic heterocycles. The van der Waals surface area contributed by atoms with Gasteiger partial charge in [-0.05, 0) is 28.4 Å². The number of unbranched alkanes of at least 4 members (excludes halogenated alkanes) is 1. The second kappa shape index (κ2) is 7.08. The molecule has 0 radical (unpaired) electrons. The van der Waals surface area contributed by atoms with Gasteiger partial charge in [-0.25, -0.2) is 4.79 Å². The molecule has 1 atom stereocenters. The van der Waals surface area contributed by atoms with Gasteiger partial charge in [-0.1, -0.05) is 19.8 Å². The summed E-state index contributed by atoms with van der Waals surface area (Å²) in [4.78, 5) is 21.2. The van der Waals surface area contributed by atoms with Crippen LogP contribution in [-0.2, 0) is 4.79 Å². The molecule has 6 nitrogen and oxygen atoms in total. The van der Waals surface area contributed by atoms with Crippen molar-refractivity contribution in [1.82, 2.24) is 0 Å². The molecular formula is C12H15BrN2O4. The molecule has 1 unspecified atom stereocenters. The molecule has 1 aromatic carbocycles. The molecule has 19 heavy (non-hydrogen) atoms. The number of carboxylic acids is 1. The van der Waals surface area contributed by atoms with Crippen molar-refractivity contribution in [2.45, 2.75) is 32.2 Å². The number of hydrogen-bond donors (Lipinski definition) is 2. The van der Waals surface area contributed by atoms with E-state index in [2.05, 4.69) is 21.2 Å². The van der Waals surface area contributed by atoms with E-state index in [1.54, 1.807) is 0 Å². The van der Waals surface area contributed by atoms with Crippen molar-refractivity contribution >= 4 is 33.3 Å². The van der Waals surface area contributed by atoms with Crippen LogP contribution in [0.2, 0.25) is 0 Å². The lowest BCUT2D eigenvalue weighted by Gasteiger charge is -2.16. The number of hydrogen-bond acceptors (Lipinski definition) is 4. The Kier molecular flexibility index (Phi) is 5.75. The highest BCUT2D eigenvalue weighted by atomic mass is 79.9. The summed E-state index contributed by atoms with van der Waals surface area (Å²) in [5, 5.41) is 22.6. The van der Waals surface area contributed by atoms with Gasteiger partial charge in [0.2, 0.25) is 0 Å². The Morgan fingerprint density at radius 3 is 2.74 bits per heavy atom. The monoisotopic (exact) mass is 330 g/mol. The van der Waals surface area contributed by atoms with Crippen LogP contribution in [0.1, 0.15) is 26.2 Å². The Morgan fingerprint density at radius 2 is 2.26 bits per heavy atom. The van der Waals surface area contributed by atoms with Gasteiger partial charge in [0.05, 0.1) is 4.92 Å². The lowest BCUT2D eigenvalue weighted by Crippen LogP contribution is -2.29. The zero-order valence-electron chi connectivity index (χ0n) is 10.4. The lowest BCUT2D eigenvalue weighted by atomic mass is 10.1. The molecule has 0 spiro atoms. The van der Waals surface area contributed by atoms with Crippen molar-refractivity contribution in [3.63, 3.8) is 0 Å². The number of nitrogens with one attached hydrogen (secondary N) is 1. The van der Waals surface area contributed by atoms with Crippen LogP contribution in [0.3, 0.4) is 0 Å². The molecule has 1 rings (SSSR count). The van der Waals surface area contributed by atoms with Gasteiger partial charge in [0.15, 0.2) is 0 Å².